The number of benzene rings is 1. The van der Waals surface area contributed by atoms with Gasteiger partial charge in [-0.25, -0.2) is 0 Å². The Balaban J connectivity index is 2.89. The van der Waals surface area contributed by atoms with Crippen molar-refractivity contribution >= 4 is 28.1 Å². The lowest BCUT2D eigenvalue weighted by Gasteiger charge is -2.09. The summed E-state index contributed by atoms with van der Waals surface area (Å²) in [7, 11) is 0. The van der Waals surface area contributed by atoms with Crippen molar-refractivity contribution in [3.8, 4) is 0 Å². The first-order valence-corrected chi connectivity index (χ1v) is 5.22. The number of carbonyl (C=O) groups excluding carboxylic acids is 1. The summed E-state index contributed by atoms with van der Waals surface area (Å²) in [6.07, 6.45) is 3.65. The Morgan fingerprint density at radius 3 is 2.73 bits per heavy atom. The number of pyridine rings is 1. The summed E-state index contributed by atoms with van der Waals surface area (Å²) < 4.78 is 21.8. The van der Waals surface area contributed by atoms with Gasteiger partial charge in [0, 0.05) is 28.2 Å². The van der Waals surface area contributed by atoms with Crippen molar-refractivity contribution < 1.29 is 13.6 Å². The van der Waals surface area contributed by atoms with Gasteiger partial charge in [-0.1, -0.05) is 0 Å². The van der Waals surface area contributed by atoms with Crippen molar-refractivity contribution in [1.29, 1.82) is 0 Å². The molecule has 1 unspecified atom stereocenters. The number of nitrogens with zero attached hydrogens (tertiary/aromatic N) is 1. The van der Waals surface area contributed by atoms with Crippen molar-refractivity contribution in [1.82, 2.24) is 4.98 Å². The average Bonchev–Trinajstić information content (AvgIpc) is 2.27. The van der Waals surface area contributed by atoms with E-state index >= 15 is 0 Å². The summed E-state index contributed by atoms with van der Waals surface area (Å²) in [4.78, 5) is 14.7. The Kier molecular flexibility index (Phi) is 2.57. The monoisotopic (exact) mass is 220 g/mol. The van der Waals surface area contributed by atoms with Gasteiger partial charge >= 0.3 is 0 Å². The van der Waals surface area contributed by atoms with Gasteiger partial charge < -0.3 is 4.55 Å². The Morgan fingerprint density at radius 1 is 1.27 bits per heavy atom. The number of aromatic nitrogens is 1. The molecule has 1 heterocycles. The van der Waals surface area contributed by atoms with Crippen molar-refractivity contribution in [2.24, 2.45) is 0 Å². The zero-order valence-corrected chi connectivity index (χ0v) is 8.36. The smallest absolute Gasteiger partial charge is 0.150 e. The fraction of sp³-hybridized carbons (Fsp3) is 0. The highest BCUT2D eigenvalue weighted by Crippen LogP contribution is 2.22. The van der Waals surface area contributed by atoms with Gasteiger partial charge in [0.2, 0.25) is 0 Å². The fourth-order valence-electron chi connectivity index (χ4n) is 1.44. The molecule has 0 bridgehead atoms. The summed E-state index contributed by atoms with van der Waals surface area (Å²) in [5, 5.41) is 1.07. The molecule has 5 heteroatoms. The summed E-state index contributed by atoms with van der Waals surface area (Å²) in [5.74, 6) is 0. The molecule has 15 heavy (non-hydrogen) atoms. The van der Waals surface area contributed by atoms with Crippen LogP contribution in [0.4, 0.5) is 0 Å². The molecule has 76 valence electrons. The highest BCUT2D eigenvalue weighted by molar-refractivity contribution is 7.79. The molecule has 0 aliphatic heterocycles. The second-order valence-electron chi connectivity index (χ2n) is 2.93. The predicted molar refractivity (Wildman–Crippen MR) is 54.3 cm³/mol. The molecule has 0 saturated heterocycles. The lowest BCUT2D eigenvalue weighted by molar-refractivity contribution is 0.112. The number of aldehydes is 1. The molecule has 0 aliphatic carbocycles. The second-order valence-corrected chi connectivity index (χ2v) is 3.84. The Labute approximate surface area is 88.2 Å². The largest absolute Gasteiger partial charge is 0.768 e. The van der Waals surface area contributed by atoms with Crippen LogP contribution < -0.4 is 0 Å². The first-order valence-electron chi connectivity index (χ1n) is 4.15. The maximum atomic E-state index is 10.9. The molecule has 0 aliphatic rings. The van der Waals surface area contributed by atoms with Gasteiger partial charge in [-0.15, -0.1) is 0 Å². The van der Waals surface area contributed by atoms with E-state index in [-0.39, 0.29) is 4.90 Å². The van der Waals surface area contributed by atoms with Crippen molar-refractivity contribution in [3.05, 3.63) is 36.2 Å². The minimum atomic E-state index is -2.32. The van der Waals surface area contributed by atoms with E-state index in [1.165, 1.54) is 24.5 Å². The Hall–Kier alpha value is -1.59. The molecular formula is C10H6NO3S-. The van der Waals surface area contributed by atoms with Gasteiger partial charge in [0.1, 0.15) is 0 Å². The molecule has 1 aromatic heterocycles. The molecule has 1 atom stereocenters. The van der Waals surface area contributed by atoms with Gasteiger partial charge in [-0.2, -0.15) is 0 Å². The number of rotatable bonds is 2. The van der Waals surface area contributed by atoms with Crippen molar-refractivity contribution in [3.63, 3.8) is 0 Å². The van der Waals surface area contributed by atoms with Crippen LogP contribution in [0.3, 0.4) is 0 Å². The summed E-state index contributed by atoms with van der Waals surface area (Å²) in [6, 6.07) is 4.51. The zero-order valence-electron chi connectivity index (χ0n) is 7.54. The van der Waals surface area contributed by atoms with E-state index in [2.05, 4.69) is 4.98 Å². The van der Waals surface area contributed by atoms with Gasteiger partial charge in [0.25, 0.3) is 0 Å². The van der Waals surface area contributed by atoms with Crippen LogP contribution in [-0.2, 0) is 11.1 Å². The first-order chi connectivity index (χ1) is 7.24. The molecular weight excluding hydrogens is 214 g/mol. The van der Waals surface area contributed by atoms with E-state index in [1.807, 2.05) is 0 Å². The van der Waals surface area contributed by atoms with Gasteiger partial charge in [0.15, 0.2) is 6.29 Å². The number of carbonyl (C=O) groups is 1. The minimum Gasteiger partial charge on any atom is -0.768 e. The van der Waals surface area contributed by atoms with Crippen molar-refractivity contribution in [2.75, 3.05) is 0 Å². The van der Waals surface area contributed by atoms with E-state index in [1.54, 1.807) is 6.07 Å². The topological polar surface area (TPSA) is 70.1 Å². The van der Waals surface area contributed by atoms with Gasteiger partial charge in [-0.05, 0) is 34.7 Å². The van der Waals surface area contributed by atoms with E-state index < -0.39 is 11.1 Å². The molecule has 0 N–H and O–H groups in total. The molecule has 0 spiro atoms. The average molecular weight is 220 g/mol. The molecule has 2 rings (SSSR count). The number of hydrogen-bond donors (Lipinski definition) is 0. The molecule has 0 amide bonds. The summed E-state index contributed by atoms with van der Waals surface area (Å²) in [5.41, 5.74) is 0.460. The summed E-state index contributed by atoms with van der Waals surface area (Å²) >= 11 is -2.32. The highest BCUT2D eigenvalue weighted by Gasteiger charge is 2.05. The highest BCUT2D eigenvalue weighted by atomic mass is 32.2. The lowest BCUT2D eigenvalue weighted by Crippen LogP contribution is -1.93. The zero-order chi connectivity index (χ0) is 10.8. The molecule has 0 saturated carbocycles. The SMILES string of the molecule is O=Cc1ccc(S(=O)[O-])c2cnccc12. The van der Waals surface area contributed by atoms with Gasteiger partial charge in [0.05, 0.1) is 0 Å². The van der Waals surface area contributed by atoms with Crippen LogP contribution in [0.2, 0.25) is 0 Å². The summed E-state index contributed by atoms with van der Waals surface area (Å²) in [6.45, 7) is 0. The van der Waals surface area contributed by atoms with Crippen LogP contribution in [0.15, 0.2) is 35.5 Å². The minimum absolute atomic E-state index is 0.156. The van der Waals surface area contributed by atoms with Crippen LogP contribution in [0.1, 0.15) is 10.4 Å². The van der Waals surface area contributed by atoms with Crippen LogP contribution >= 0.6 is 0 Å². The van der Waals surface area contributed by atoms with E-state index in [0.717, 1.165) is 0 Å². The van der Waals surface area contributed by atoms with E-state index in [0.29, 0.717) is 22.6 Å². The molecule has 0 fully saturated rings. The molecule has 4 nitrogen and oxygen atoms in total. The molecule has 0 radical (unpaired) electrons. The number of hydrogen-bond acceptors (Lipinski definition) is 4. The Morgan fingerprint density at radius 2 is 2.07 bits per heavy atom. The third kappa shape index (κ3) is 1.67. The van der Waals surface area contributed by atoms with Crippen LogP contribution in [0.25, 0.3) is 10.8 Å². The van der Waals surface area contributed by atoms with Crippen LogP contribution in [0, 0.1) is 0 Å². The van der Waals surface area contributed by atoms with Crippen LogP contribution in [-0.4, -0.2) is 20.0 Å². The Bertz CT molecular complexity index is 553. The third-order valence-electron chi connectivity index (χ3n) is 2.12. The van der Waals surface area contributed by atoms with Crippen LogP contribution in [0.5, 0.6) is 0 Å². The fourth-order valence-corrected chi connectivity index (χ4v) is 1.96. The standard InChI is InChI=1S/C10H7NO3S/c12-6-7-1-2-10(15(13)14)9-5-11-4-3-8(7)9/h1-6H,(H,13,14)/p-1. The van der Waals surface area contributed by atoms with Gasteiger partial charge in [-0.3, -0.25) is 14.0 Å². The third-order valence-corrected chi connectivity index (χ3v) is 2.83. The van der Waals surface area contributed by atoms with Crippen molar-refractivity contribution in [2.45, 2.75) is 4.90 Å². The molecule has 2 aromatic rings. The lowest BCUT2D eigenvalue weighted by atomic mass is 10.1. The number of fused-ring (bicyclic) bond motifs is 1. The molecule has 1 aromatic carbocycles. The van der Waals surface area contributed by atoms with E-state index in [9.17, 15) is 13.6 Å². The quantitative estimate of drug-likeness (QED) is 0.564. The second kappa shape index (κ2) is 3.88. The van der Waals surface area contributed by atoms with E-state index in [4.69, 9.17) is 0 Å². The maximum absolute atomic E-state index is 10.9. The normalized spacial score (nSPS) is 12.6. The maximum Gasteiger partial charge on any atom is 0.150 e. The predicted octanol–water partition coefficient (Wildman–Crippen LogP) is 1.29. The first kappa shape index (κ1) is 9.95.